The molecule has 0 aromatic heterocycles. The van der Waals surface area contributed by atoms with Gasteiger partial charge in [0.2, 0.25) is 0 Å². The van der Waals surface area contributed by atoms with E-state index in [2.05, 4.69) is 10.5 Å². The largest absolute Gasteiger partial charge is 0.409 e. The summed E-state index contributed by atoms with van der Waals surface area (Å²) in [6, 6.07) is 4.23. The lowest BCUT2D eigenvalue weighted by atomic mass is 10.1. The number of benzene rings is 1. The van der Waals surface area contributed by atoms with Gasteiger partial charge in [0.25, 0.3) is 0 Å². The molecule has 106 valence electrons. The molecule has 0 spiro atoms. The van der Waals surface area contributed by atoms with Gasteiger partial charge < -0.3 is 21.0 Å². The fourth-order valence-corrected chi connectivity index (χ4v) is 1.66. The first-order valence-electron chi connectivity index (χ1n) is 6.23. The van der Waals surface area contributed by atoms with Crippen LogP contribution in [0.4, 0.5) is 4.39 Å². The highest BCUT2D eigenvalue weighted by Gasteiger charge is 2.08. The Kier molecular flexibility index (Phi) is 6.84. The molecule has 6 heteroatoms. The van der Waals surface area contributed by atoms with Gasteiger partial charge in [-0.3, -0.25) is 0 Å². The number of amidine groups is 1. The van der Waals surface area contributed by atoms with Crippen LogP contribution < -0.4 is 11.1 Å². The van der Waals surface area contributed by atoms with Gasteiger partial charge in [0.15, 0.2) is 5.84 Å². The SMILES string of the molecule is CCOCCCNCc1ccc(F)cc1C(N)=NO. The molecule has 1 rings (SSSR count). The van der Waals surface area contributed by atoms with E-state index in [4.69, 9.17) is 15.7 Å². The van der Waals surface area contributed by atoms with Crippen LogP contribution in [0.3, 0.4) is 0 Å². The molecule has 0 radical (unpaired) electrons. The van der Waals surface area contributed by atoms with Crippen molar-refractivity contribution < 1.29 is 14.3 Å². The van der Waals surface area contributed by atoms with Gasteiger partial charge in [-0.05, 0) is 37.6 Å². The number of nitrogens with two attached hydrogens (primary N) is 1. The molecule has 0 aliphatic carbocycles. The van der Waals surface area contributed by atoms with Gasteiger partial charge in [0.1, 0.15) is 5.82 Å². The molecule has 0 heterocycles. The Bertz CT molecular complexity index is 424. The molecule has 5 nitrogen and oxygen atoms in total. The normalized spacial score (nSPS) is 11.8. The zero-order valence-electron chi connectivity index (χ0n) is 11.0. The first-order chi connectivity index (χ1) is 9.19. The summed E-state index contributed by atoms with van der Waals surface area (Å²) in [5, 5.41) is 14.8. The molecule has 0 atom stereocenters. The average molecular weight is 269 g/mol. The van der Waals surface area contributed by atoms with Gasteiger partial charge in [0.05, 0.1) is 0 Å². The second-order valence-corrected chi connectivity index (χ2v) is 4.01. The summed E-state index contributed by atoms with van der Waals surface area (Å²) in [4.78, 5) is 0. The predicted molar refractivity (Wildman–Crippen MR) is 71.7 cm³/mol. The molecule has 0 aliphatic rings. The van der Waals surface area contributed by atoms with E-state index >= 15 is 0 Å². The Morgan fingerprint density at radius 3 is 3.00 bits per heavy atom. The van der Waals surface area contributed by atoms with Crippen molar-refractivity contribution in [3.05, 3.63) is 35.1 Å². The first kappa shape index (κ1) is 15.4. The van der Waals surface area contributed by atoms with Crippen molar-refractivity contribution in [1.82, 2.24) is 5.32 Å². The van der Waals surface area contributed by atoms with Crippen molar-refractivity contribution >= 4 is 5.84 Å². The molecule has 0 amide bonds. The van der Waals surface area contributed by atoms with E-state index in [9.17, 15) is 4.39 Å². The summed E-state index contributed by atoms with van der Waals surface area (Å²) in [5.41, 5.74) is 6.71. The highest BCUT2D eigenvalue weighted by molar-refractivity contribution is 5.98. The summed E-state index contributed by atoms with van der Waals surface area (Å²) in [6.07, 6.45) is 0.897. The first-order valence-corrected chi connectivity index (χ1v) is 6.23. The van der Waals surface area contributed by atoms with Crippen molar-refractivity contribution in [2.24, 2.45) is 10.9 Å². The number of hydrogen-bond acceptors (Lipinski definition) is 4. The third-order valence-corrected chi connectivity index (χ3v) is 2.62. The van der Waals surface area contributed by atoms with E-state index in [-0.39, 0.29) is 5.84 Å². The molecule has 0 fully saturated rings. The minimum Gasteiger partial charge on any atom is -0.409 e. The van der Waals surface area contributed by atoms with Crippen molar-refractivity contribution in [2.75, 3.05) is 19.8 Å². The zero-order chi connectivity index (χ0) is 14.1. The number of rotatable bonds is 8. The number of hydrogen-bond donors (Lipinski definition) is 3. The van der Waals surface area contributed by atoms with Crippen LogP contribution in [0.2, 0.25) is 0 Å². The molecule has 0 saturated carbocycles. The van der Waals surface area contributed by atoms with Crippen LogP contribution in [-0.2, 0) is 11.3 Å². The Morgan fingerprint density at radius 2 is 2.32 bits per heavy atom. The lowest BCUT2D eigenvalue weighted by molar-refractivity contribution is 0.144. The van der Waals surface area contributed by atoms with Gasteiger partial charge >= 0.3 is 0 Å². The highest BCUT2D eigenvalue weighted by atomic mass is 19.1. The maximum atomic E-state index is 13.1. The predicted octanol–water partition coefficient (Wildman–Crippen LogP) is 1.44. The smallest absolute Gasteiger partial charge is 0.170 e. The molecule has 0 unspecified atom stereocenters. The minimum atomic E-state index is -0.415. The van der Waals surface area contributed by atoms with Crippen LogP contribution in [0.15, 0.2) is 23.4 Å². The monoisotopic (exact) mass is 269 g/mol. The quantitative estimate of drug-likeness (QED) is 0.219. The molecule has 4 N–H and O–H groups in total. The van der Waals surface area contributed by atoms with Crippen LogP contribution in [0.5, 0.6) is 0 Å². The minimum absolute atomic E-state index is 0.0920. The fourth-order valence-electron chi connectivity index (χ4n) is 1.66. The summed E-state index contributed by atoms with van der Waals surface area (Å²) in [5.74, 6) is -0.507. The number of ether oxygens (including phenoxy) is 1. The third kappa shape index (κ3) is 5.23. The second-order valence-electron chi connectivity index (χ2n) is 4.01. The highest BCUT2D eigenvalue weighted by Crippen LogP contribution is 2.11. The van der Waals surface area contributed by atoms with E-state index in [1.807, 2.05) is 6.92 Å². The number of oxime groups is 1. The van der Waals surface area contributed by atoms with Crippen molar-refractivity contribution in [1.29, 1.82) is 0 Å². The summed E-state index contributed by atoms with van der Waals surface area (Å²) < 4.78 is 18.4. The lowest BCUT2D eigenvalue weighted by Gasteiger charge is -2.10. The molecular formula is C13H20FN3O2. The van der Waals surface area contributed by atoms with Gasteiger partial charge in [-0.15, -0.1) is 0 Å². The Hall–Kier alpha value is -1.66. The molecule has 0 aliphatic heterocycles. The van der Waals surface area contributed by atoms with Crippen LogP contribution >= 0.6 is 0 Å². The van der Waals surface area contributed by atoms with Crippen LogP contribution in [0.25, 0.3) is 0 Å². The molecule has 0 bridgehead atoms. The van der Waals surface area contributed by atoms with Gasteiger partial charge in [-0.2, -0.15) is 0 Å². The van der Waals surface area contributed by atoms with E-state index in [1.54, 1.807) is 6.07 Å². The molecule has 0 saturated heterocycles. The fraction of sp³-hybridized carbons (Fsp3) is 0.462. The van der Waals surface area contributed by atoms with Crippen molar-refractivity contribution in [2.45, 2.75) is 19.9 Å². The maximum absolute atomic E-state index is 13.1. The van der Waals surface area contributed by atoms with Gasteiger partial charge in [0, 0.05) is 25.3 Å². The van der Waals surface area contributed by atoms with E-state index in [0.29, 0.717) is 25.3 Å². The molecule has 1 aromatic carbocycles. The Morgan fingerprint density at radius 1 is 1.53 bits per heavy atom. The Balaban J connectivity index is 2.53. The zero-order valence-corrected chi connectivity index (χ0v) is 11.0. The Labute approximate surface area is 112 Å². The summed E-state index contributed by atoms with van der Waals surface area (Å²) >= 11 is 0. The maximum Gasteiger partial charge on any atom is 0.170 e. The van der Waals surface area contributed by atoms with Crippen molar-refractivity contribution in [3.8, 4) is 0 Å². The average Bonchev–Trinajstić information content (AvgIpc) is 2.43. The van der Waals surface area contributed by atoms with Gasteiger partial charge in [-0.1, -0.05) is 11.2 Å². The van der Waals surface area contributed by atoms with Gasteiger partial charge in [-0.25, -0.2) is 4.39 Å². The van der Waals surface area contributed by atoms with E-state index < -0.39 is 5.82 Å². The summed E-state index contributed by atoms with van der Waals surface area (Å²) in [6.45, 7) is 4.69. The summed E-state index contributed by atoms with van der Waals surface area (Å²) in [7, 11) is 0. The van der Waals surface area contributed by atoms with Crippen molar-refractivity contribution in [3.63, 3.8) is 0 Å². The van der Waals surface area contributed by atoms with E-state index in [0.717, 1.165) is 18.5 Å². The number of halogens is 1. The van der Waals surface area contributed by atoms with E-state index in [1.165, 1.54) is 12.1 Å². The third-order valence-electron chi connectivity index (χ3n) is 2.62. The standard InChI is InChI=1S/C13H20FN3O2/c1-2-19-7-3-6-16-9-10-4-5-11(14)8-12(10)13(15)17-18/h4-5,8,16,18H,2-3,6-7,9H2,1H3,(H2,15,17). The van der Waals surface area contributed by atoms with Crippen LogP contribution in [0.1, 0.15) is 24.5 Å². The lowest BCUT2D eigenvalue weighted by Crippen LogP contribution is -2.21. The van der Waals surface area contributed by atoms with Crippen LogP contribution in [0, 0.1) is 5.82 Å². The molecular weight excluding hydrogens is 249 g/mol. The number of nitrogens with zero attached hydrogens (tertiary/aromatic N) is 1. The number of nitrogens with one attached hydrogen (secondary N) is 1. The van der Waals surface area contributed by atoms with Crippen LogP contribution in [-0.4, -0.2) is 30.8 Å². The topological polar surface area (TPSA) is 79.9 Å². The molecule has 19 heavy (non-hydrogen) atoms. The second kappa shape index (κ2) is 8.44. The molecule has 1 aromatic rings.